The first-order chi connectivity index (χ1) is 28.8. The third-order valence-corrected chi connectivity index (χ3v) is 11.3. The summed E-state index contributed by atoms with van der Waals surface area (Å²) in [5.74, 6) is -2.23. The molecule has 0 aromatic heterocycles. The van der Waals surface area contributed by atoms with Crippen LogP contribution in [0.1, 0.15) is 96.6 Å². The van der Waals surface area contributed by atoms with Crippen molar-refractivity contribution >= 4 is 81.3 Å². The van der Waals surface area contributed by atoms with Gasteiger partial charge in [0.15, 0.2) is 12.4 Å². The first-order valence-corrected chi connectivity index (χ1v) is 21.4. The summed E-state index contributed by atoms with van der Waals surface area (Å²) in [6.07, 6.45) is 1.84. The van der Waals surface area contributed by atoms with E-state index in [-0.39, 0.29) is 49.6 Å². The van der Waals surface area contributed by atoms with Crippen molar-refractivity contribution in [3.63, 3.8) is 0 Å². The Kier molecular flexibility index (Phi) is 16.8. The van der Waals surface area contributed by atoms with Crippen LogP contribution in [0.5, 0.6) is 5.75 Å². The molecule has 0 aliphatic carbocycles. The lowest BCUT2D eigenvalue weighted by Crippen LogP contribution is -2.67. The van der Waals surface area contributed by atoms with E-state index in [0.717, 1.165) is 36.5 Å². The Hall–Kier alpha value is -5.14. The van der Waals surface area contributed by atoms with Crippen LogP contribution < -0.4 is 36.3 Å². The zero-order valence-corrected chi connectivity index (χ0v) is 38.5. The predicted molar refractivity (Wildman–Crippen MR) is 248 cm³/mol. The molecule has 0 radical (unpaired) electrons. The van der Waals surface area contributed by atoms with E-state index in [0.29, 0.717) is 17.1 Å². The fourth-order valence-electron chi connectivity index (χ4n) is 6.25. The standard InChI is InChI=1S/C42H45Cl3N6O5.C4H11N/c1-8-40(4,5)27-18-19-34(31(21-27)41(6,7)9-2)56-24-35(53)46-30-17-13-14-26(20-30)37(54)47-38-42(48-25(3)52,49-29-15-11-10-12-16-29)39(55)51(50-38)36-32(44)22-28(43)23-33(36)45;1-3-5-4-2/h10-23,49H,8-9,24H2,1-7H3,(H,46,53)(H,48,52)(H,47,50,54);5H,3-4H2,1-2H3. The lowest BCUT2D eigenvalue weighted by Gasteiger charge is -2.31. The summed E-state index contributed by atoms with van der Waals surface area (Å²) >= 11 is 19.1. The molecule has 1 aliphatic heterocycles. The number of anilines is 3. The van der Waals surface area contributed by atoms with Gasteiger partial charge >= 0.3 is 5.91 Å². The number of nitrogens with one attached hydrogen (secondary N) is 5. The van der Waals surface area contributed by atoms with E-state index in [4.69, 9.17) is 39.5 Å². The molecule has 0 saturated carbocycles. The molecular weight excluding hydrogens is 837 g/mol. The average Bonchev–Trinajstić information content (AvgIpc) is 3.45. The number of rotatable bonds is 15. The number of amidine groups is 1. The lowest BCUT2D eigenvalue weighted by atomic mass is 9.76. The number of nitrogens with zero attached hydrogens (tertiary/aromatic N) is 2. The van der Waals surface area contributed by atoms with Crippen LogP contribution in [0.25, 0.3) is 0 Å². The largest absolute Gasteiger partial charge is 0.483 e. The number of amides is 4. The van der Waals surface area contributed by atoms with Crippen LogP contribution in [0.3, 0.4) is 0 Å². The van der Waals surface area contributed by atoms with Gasteiger partial charge in [0.1, 0.15) is 11.4 Å². The van der Waals surface area contributed by atoms with Crippen molar-refractivity contribution in [3.8, 4) is 5.75 Å². The van der Waals surface area contributed by atoms with Crippen LogP contribution in [-0.2, 0) is 25.2 Å². The molecule has 5 rings (SSSR count). The number of halogens is 3. The molecule has 5 N–H and O–H groups in total. The molecular formula is C46H56Cl3N7O5. The molecule has 4 aromatic rings. The van der Waals surface area contributed by atoms with Crippen LogP contribution in [0.2, 0.25) is 15.1 Å². The average molecular weight is 893 g/mol. The Balaban J connectivity index is 0.00000155. The Morgan fingerprint density at radius 3 is 1.97 bits per heavy atom. The summed E-state index contributed by atoms with van der Waals surface area (Å²) in [5.41, 5.74) is 0.724. The van der Waals surface area contributed by atoms with Crippen molar-refractivity contribution in [2.75, 3.05) is 35.3 Å². The van der Waals surface area contributed by atoms with E-state index in [9.17, 15) is 19.2 Å². The fraction of sp³-hybridized carbons (Fsp3) is 0.370. The summed E-state index contributed by atoms with van der Waals surface area (Å²) in [4.78, 5) is 54.2. The molecule has 0 saturated heterocycles. The molecule has 4 amide bonds. The van der Waals surface area contributed by atoms with Gasteiger partial charge in [-0.15, -0.1) is 5.10 Å². The molecule has 1 atom stereocenters. The molecule has 4 aromatic carbocycles. The third kappa shape index (κ3) is 12.0. The number of para-hydroxylation sites is 1. The molecule has 1 aliphatic rings. The molecule has 0 fully saturated rings. The summed E-state index contributed by atoms with van der Waals surface area (Å²) < 4.78 is 6.10. The van der Waals surface area contributed by atoms with Crippen LogP contribution in [-0.4, -0.2) is 54.8 Å². The van der Waals surface area contributed by atoms with Crippen molar-refractivity contribution in [2.45, 2.75) is 91.6 Å². The van der Waals surface area contributed by atoms with Gasteiger partial charge < -0.3 is 31.3 Å². The van der Waals surface area contributed by atoms with Crippen molar-refractivity contribution in [1.82, 2.24) is 16.0 Å². The molecule has 1 heterocycles. The predicted octanol–water partition coefficient (Wildman–Crippen LogP) is 9.69. The Bertz CT molecular complexity index is 2220. The zero-order chi connectivity index (χ0) is 45.1. The normalized spacial score (nSPS) is 15.0. The van der Waals surface area contributed by atoms with Gasteiger partial charge in [-0.05, 0) is 90.9 Å². The molecule has 0 spiro atoms. The van der Waals surface area contributed by atoms with Gasteiger partial charge in [0, 0.05) is 34.4 Å². The van der Waals surface area contributed by atoms with Crippen molar-refractivity contribution in [2.24, 2.45) is 5.10 Å². The summed E-state index contributed by atoms with van der Waals surface area (Å²) in [6, 6.07) is 23.7. The first-order valence-electron chi connectivity index (χ1n) is 20.2. The summed E-state index contributed by atoms with van der Waals surface area (Å²) in [7, 11) is 0. The number of hydrogen-bond acceptors (Lipinski definition) is 8. The van der Waals surface area contributed by atoms with Crippen molar-refractivity contribution in [3.05, 3.63) is 117 Å². The SMILES string of the molecule is CCC(C)(C)c1ccc(OCC(=O)Nc2cccc(C(=O)NC3=NN(c4c(Cl)cc(Cl)cc4Cl)C(=O)C3(NC(C)=O)Nc3ccccc3)c2)c(C(C)(C)CC)c1.CCNCC. The highest BCUT2D eigenvalue weighted by Gasteiger charge is 2.54. The van der Waals surface area contributed by atoms with E-state index < -0.39 is 29.3 Å². The number of ether oxygens (including phenoxy) is 1. The molecule has 0 bridgehead atoms. The fourth-order valence-corrected chi connectivity index (χ4v) is 7.23. The minimum Gasteiger partial charge on any atom is -0.483 e. The van der Waals surface area contributed by atoms with Gasteiger partial charge in [-0.25, -0.2) is 0 Å². The zero-order valence-electron chi connectivity index (χ0n) is 36.2. The van der Waals surface area contributed by atoms with Gasteiger partial charge in [0.2, 0.25) is 5.91 Å². The monoisotopic (exact) mass is 891 g/mol. The summed E-state index contributed by atoms with van der Waals surface area (Å²) in [6.45, 7) is 20.3. The van der Waals surface area contributed by atoms with Gasteiger partial charge in [0.25, 0.3) is 17.5 Å². The molecule has 15 heteroatoms. The Morgan fingerprint density at radius 1 is 0.770 bits per heavy atom. The van der Waals surface area contributed by atoms with Gasteiger partial charge in [-0.1, -0.05) is 127 Å². The maximum atomic E-state index is 14.4. The van der Waals surface area contributed by atoms with Gasteiger partial charge in [0.05, 0.1) is 10.0 Å². The Labute approximate surface area is 374 Å². The smallest absolute Gasteiger partial charge is 0.302 e. The number of carbonyl (C=O) groups is 4. The second-order valence-electron chi connectivity index (χ2n) is 15.7. The highest BCUT2D eigenvalue weighted by atomic mass is 35.5. The van der Waals surface area contributed by atoms with Crippen LogP contribution in [0, 0.1) is 0 Å². The van der Waals surface area contributed by atoms with Crippen LogP contribution in [0.4, 0.5) is 17.1 Å². The molecule has 326 valence electrons. The highest BCUT2D eigenvalue weighted by Crippen LogP contribution is 2.41. The van der Waals surface area contributed by atoms with Gasteiger partial charge in [-0.3, -0.25) is 19.2 Å². The van der Waals surface area contributed by atoms with E-state index in [1.54, 1.807) is 42.5 Å². The topological polar surface area (TPSA) is 153 Å². The lowest BCUT2D eigenvalue weighted by molar-refractivity contribution is -0.127. The number of hydrogen-bond donors (Lipinski definition) is 5. The minimum atomic E-state index is -2.12. The highest BCUT2D eigenvalue weighted by molar-refractivity contribution is 6.43. The van der Waals surface area contributed by atoms with E-state index in [1.807, 2.05) is 12.1 Å². The van der Waals surface area contributed by atoms with Gasteiger partial charge in [-0.2, -0.15) is 5.01 Å². The summed E-state index contributed by atoms with van der Waals surface area (Å²) in [5, 5.41) is 19.8. The second-order valence-corrected chi connectivity index (χ2v) is 17.0. The van der Waals surface area contributed by atoms with E-state index in [2.05, 4.69) is 93.1 Å². The van der Waals surface area contributed by atoms with Crippen molar-refractivity contribution < 1.29 is 23.9 Å². The maximum Gasteiger partial charge on any atom is 0.302 e. The molecule has 12 nitrogen and oxygen atoms in total. The molecule has 1 unspecified atom stereocenters. The molecule has 61 heavy (non-hydrogen) atoms. The van der Waals surface area contributed by atoms with E-state index >= 15 is 0 Å². The van der Waals surface area contributed by atoms with Crippen molar-refractivity contribution in [1.29, 1.82) is 0 Å². The number of carbonyl (C=O) groups excluding carboxylic acids is 4. The second kappa shape index (κ2) is 21.1. The maximum absolute atomic E-state index is 14.4. The quantitative estimate of drug-likeness (QED) is 0.0746. The first kappa shape index (κ1) is 48.5. The minimum absolute atomic E-state index is 0.00112. The third-order valence-electron chi connectivity index (χ3n) is 10.5. The number of benzene rings is 4. The Morgan fingerprint density at radius 2 is 1.39 bits per heavy atom. The number of hydrazone groups is 1. The van der Waals surface area contributed by atoms with E-state index in [1.165, 1.54) is 36.8 Å². The van der Waals surface area contributed by atoms with Crippen LogP contribution >= 0.6 is 34.8 Å². The van der Waals surface area contributed by atoms with Crippen LogP contribution in [0.15, 0.2) is 90.0 Å².